The van der Waals surface area contributed by atoms with Crippen LogP contribution in [0.1, 0.15) is 11.7 Å². The zero-order valence-corrected chi connectivity index (χ0v) is 12.2. The summed E-state index contributed by atoms with van der Waals surface area (Å²) in [6, 6.07) is 10.2. The third-order valence-electron chi connectivity index (χ3n) is 2.30. The summed E-state index contributed by atoms with van der Waals surface area (Å²) in [6.45, 7) is 6.27. The van der Waals surface area contributed by atoms with Gasteiger partial charge in [-0.1, -0.05) is 12.1 Å². The number of benzene rings is 1. The normalized spacial score (nSPS) is 12.9. The summed E-state index contributed by atoms with van der Waals surface area (Å²) < 4.78 is 5.84. The van der Waals surface area contributed by atoms with Crippen molar-refractivity contribution >= 4 is 14.0 Å². The van der Waals surface area contributed by atoms with Crippen molar-refractivity contribution < 1.29 is 4.43 Å². The lowest BCUT2D eigenvalue weighted by Crippen LogP contribution is -2.27. The first kappa shape index (κ1) is 13.8. The lowest BCUT2D eigenvalue weighted by molar-refractivity contribution is 0.255. The number of nitrogens with zero attached hydrogens (tertiary/aromatic N) is 2. The summed E-state index contributed by atoms with van der Waals surface area (Å²) >= 11 is 0. The molecule has 0 aliphatic carbocycles. The van der Waals surface area contributed by atoms with Gasteiger partial charge < -0.3 is 9.33 Å². The van der Waals surface area contributed by atoms with Crippen molar-refractivity contribution in [2.75, 3.05) is 19.0 Å². The highest BCUT2D eigenvalue weighted by Crippen LogP contribution is 2.23. The smallest absolute Gasteiger partial charge is 0.186 e. The Balaban J connectivity index is 2.87. The average molecular weight is 248 g/mol. The fraction of sp³-hybridized carbons (Fsp3) is 0.462. The van der Waals surface area contributed by atoms with E-state index < -0.39 is 14.4 Å². The summed E-state index contributed by atoms with van der Waals surface area (Å²) in [5, 5.41) is 9.16. The first-order valence-electron chi connectivity index (χ1n) is 5.68. The van der Waals surface area contributed by atoms with Gasteiger partial charge in [-0.05, 0) is 37.3 Å². The van der Waals surface area contributed by atoms with E-state index in [-0.39, 0.29) is 0 Å². The van der Waals surface area contributed by atoms with E-state index in [0.717, 1.165) is 11.3 Å². The van der Waals surface area contributed by atoms with Crippen LogP contribution in [0.4, 0.5) is 5.69 Å². The standard InChI is InChI=1S/C13H20N2OSi/c1-15(2)12-8-6-11(7-9-12)13(10-14)16-17(3,4)5/h6-9,13H,1-5H3/t13-/m1/s1. The minimum atomic E-state index is -1.69. The molecule has 0 aliphatic heterocycles. The maximum atomic E-state index is 9.16. The van der Waals surface area contributed by atoms with E-state index in [1.54, 1.807) is 0 Å². The molecule has 0 amide bonds. The van der Waals surface area contributed by atoms with Gasteiger partial charge >= 0.3 is 0 Å². The fourth-order valence-electron chi connectivity index (χ4n) is 1.47. The molecule has 0 saturated heterocycles. The number of rotatable bonds is 4. The van der Waals surface area contributed by atoms with Crippen molar-refractivity contribution in [2.45, 2.75) is 25.7 Å². The summed E-state index contributed by atoms with van der Waals surface area (Å²) in [5.41, 5.74) is 2.05. The second kappa shape index (κ2) is 5.35. The van der Waals surface area contributed by atoms with Crippen LogP contribution in [0, 0.1) is 11.3 Å². The summed E-state index contributed by atoms with van der Waals surface area (Å²) in [7, 11) is 2.30. The van der Waals surface area contributed by atoms with E-state index in [2.05, 4.69) is 25.7 Å². The van der Waals surface area contributed by atoms with Crippen molar-refractivity contribution in [3.05, 3.63) is 29.8 Å². The molecule has 0 N–H and O–H groups in total. The molecule has 1 aromatic rings. The zero-order chi connectivity index (χ0) is 13.1. The maximum absolute atomic E-state index is 9.16. The molecule has 92 valence electrons. The SMILES string of the molecule is CN(C)c1ccc([C@@H](C#N)O[Si](C)(C)C)cc1. The van der Waals surface area contributed by atoms with Gasteiger partial charge in [0.15, 0.2) is 14.4 Å². The summed E-state index contributed by atoms with van der Waals surface area (Å²) in [5.74, 6) is 0. The van der Waals surface area contributed by atoms with Gasteiger partial charge in [0.25, 0.3) is 0 Å². The second-order valence-corrected chi connectivity index (χ2v) is 9.69. The van der Waals surface area contributed by atoms with Gasteiger partial charge in [0.1, 0.15) is 0 Å². The largest absolute Gasteiger partial charge is 0.399 e. The van der Waals surface area contributed by atoms with E-state index in [9.17, 15) is 0 Å². The van der Waals surface area contributed by atoms with E-state index in [1.165, 1.54) is 0 Å². The lowest BCUT2D eigenvalue weighted by Gasteiger charge is -2.22. The monoisotopic (exact) mass is 248 g/mol. The molecular weight excluding hydrogens is 228 g/mol. The summed E-state index contributed by atoms with van der Waals surface area (Å²) in [4.78, 5) is 2.03. The van der Waals surface area contributed by atoms with Crippen LogP contribution in [0.25, 0.3) is 0 Å². The molecule has 0 heterocycles. The Hall–Kier alpha value is -1.31. The Morgan fingerprint density at radius 2 is 1.71 bits per heavy atom. The number of nitriles is 1. The maximum Gasteiger partial charge on any atom is 0.186 e. The minimum Gasteiger partial charge on any atom is -0.399 e. The van der Waals surface area contributed by atoms with Crippen LogP contribution in [0.3, 0.4) is 0 Å². The third kappa shape index (κ3) is 4.21. The highest BCUT2D eigenvalue weighted by Gasteiger charge is 2.22. The van der Waals surface area contributed by atoms with Crippen LogP contribution in [-0.2, 0) is 4.43 Å². The van der Waals surface area contributed by atoms with E-state index in [0.29, 0.717) is 0 Å². The Morgan fingerprint density at radius 1 is 1.18 bits per heavy atom. The quantitative estimate of drug-likeness (QED) is 0.768. The van der Waals surface area contributed by atoms with Crippen molar-refractivity contribution in [2.24, 2.45) is 0 Å². The highest BCUT2D eigenvalue weighted by atomic mass is 28.4. The van der Waals surface area contributed by atoms with E-state index in [4.69, 9.17) is 9.69 Å². The third-order valence-corrected chi connectivity index (χ3v) is 3.24. The van der Waals surface area contributed by atoms with Gasteiger partial charge in [-0.3, -0.25) is 0 Å². The Labute approximate surface area is 105 Å². The van der Waals surface area contributed by atoms with E-state index >= 15 is 0 Å². The van der Waals surface area contributed by atoms with Gasteiger partial charge in [0.2, 0.25) is 0 Å². The molecule has 4 heteroatoms. The van der Waals surface area contributed by atoms with Crippen LogP contribution in [-0.4, -0.2) is 22.4 Å². The molecule has 17 heavy (non-hydrogen) atoms. The van der Waals surface area contributed by atoms with Gasteiger partial charge in [0.05, 0.1) is 6.07 Å². The lowest BCUT2D eigenvalue weighted by atomic mass is 10.1. The predicted molar refractivity (Wildman–Crippen MR) is 73.6 cm³/mol. The molecule has 1 atom stereocenters. The zero-order valence-electron chi connectivity index (χ0n) is 11.2. The van der Waals surface area contributed by atoms with Crippen molar-refractivity contribution in [1.82, 2.24) is 0 Å². The van der Waals surface area contributed by atoms with Crippen LogP contribution >= 0.6 is 0 Å². The number of hydrogen-bond acceptors (Lipinski definition) is 3. The second-order valence-electron chi connectivity index (χ2n) is 5.23. The van der Waals surface area contributed by atoms with Crippen LogP contribution < -0.4 is 4.90 Å². The topological polar surface area (TPSA) is 36.3 Å². The van der Waals surface area contributed by atoms with Gasteiger partial charge in [0, 0.05) is 19.8 Å². The molecular formula is C13H20N2OSi. The molecule has 1 aromatic carbocycles. The average Bonchev–Trinajstić information content (AvgIpc) is 2.25. The van der Waals surface area contributed by atoms with E-state index in [1.807, 2.05) is 43.3 Å². The Morgan fingerprint density at radius 3 is 2.06 bits per heavy atom. The molecule has 0 radical (unpaired) electrons. The van der Waals surface area contributed by atoms with Crippen LogP contribution in [0.2, 0.25) is 19.6 Å². The molecule has 0 fully saturated rings. The van der Waals surface area contributed by atoms with Gasteiger partial charge in [-0.2, -0.15) is 5.26 Å². The van der Waals surface area contributed by atoms with Crippen LogP contribution in [0.15, 0.2) is 24.3 Å². The molecule has 0 unspecified atom stereocenters. The number of anilines is 1. The first-order valence-corrected chi connectivity index (χ1v) is 9.09. The van der Waals surface area contributed by atoms with Gasteiger partial charge in [-0.25, -0.2) is 0 Å². The molecule has 0 aliphatic rings. The summed E-state index contributed by atoms with van der Waals surface area (Å²) in [6.07, 6.45) is -0.446. The van der Waals surface area contributed by atoms with Crippen molar-refractivity contribution in [1.29, 1.82) is 5.26 Å². The molecule has 3 nitrogen and oxygen atoms in total. The number of hydrogen-bond donors (Lipinski definition) is 0. The Bertz CT molecular complexity index is 401. The first-order chi connectivity index (χ1) is 7.83. The molecule has 1 rings (SSSR count). The minimum absolute atomic E-state index is 0.446. The highest BCUT2D eigenvalue weighted by molar-refractivity contribution is 6.69. The van der Waals surface area contributed by atoms with Crippen LogP contribution in [0.5, 0.6) is 0 Å². The fourth-order valence-corrected chi connectivity index (χ4v) is 2.37. The molecule has 0 spiro atoms. The Kier molecular flexibility index (Phi) is 4.32. The molecule has 0 bridgehead atoms. The molecule has 0 saturated carbocycles. The molecule has 0 aromatic heterocycles. The predicted octanol–water partition coefficient (Wildman–Crippen LogP) is 3.17. The van der Waals surface area contributed by atoms with Crippen molar-refractivity contribution in [3.8, 4) is 6.07 Å². The van der Waals surface area contributed by atoms with Gasteiger partial charge in [-0.15, -0.1) is 0 Å². The van der Waals surface area contributed by atoms with Crippen molar-refractivity contribution in [3.63, 3.8) is 0 Å².